The van der Waals surface area contributed by atoms with E-state index in [-0.39, 0.29) is 0 Å². The van der Waals surface area contributed by atoms with Gasteiger partial charge in [-0.05, 0) is 26.0 Å². The van der Waals surface area contributed by atoms with Crippen LogP contribution in [0.25, 0.3) is 5.69 Å². The van der Waals surface area contributed by atoms with Crippen molar-refractivity contribution in [2.75, 3.05) is 6.61 Å². The first kappa shape index (κ1) is 13.8. The molecule has 0 aliphatic carbocycles. The van der Waals surface area contributed by atoms with Crippen LogP contribution in [-0.4, -0.2) is 27.5 Å². The van der Waals surface area contributed by atoms with Crippen molar-refractivity contribution in [1.82, 2.24) is 9.78 Å². The topological polar surface area (TPSA) is 81.4 Å². The molecule has 104 valence electrons. The van der Waals surface area contributed by atoms with Gasteiger partial charge in [-0.25, -0.2) is 9.48 Å². The predicted octanol–water partition coefficient (Wildman–Crippen LogP) is 1.64. The van der Waals surface area contributed by atoms with Crippen LogP contribution in [0.3, 0.4) is 0 Å². The van der Waals surface area contributed by atoms with Gasteiger partial charge in [-0.15, -0.1) is 0 Å². The van der Waals surface area contributed by atoms with E-state index in [0.717, 1.165) is 0 Å². The van der Waals surface area contributed by atoms with Crippen molar-refractivity contribution < 1.29 is 14.6 Å². The molecule has 1 N–H and O–H groups in total. The third kappa shape index (κ3) is 2.69. The summed E-state index contributed by atoms with van der Waals surface area (Å²) in [7, 11) is 0. The molecule has 2 rings (SSSR count). The van der Waals surface area contributed by atoms with E-state index in [9.17, 15) is 9.59 Å². The van der Waals surface area contributed by atoms with E-state index in [1.54, 1.807) is 31.2 Å². The first-order valence-electron chi connectivity index (χ1n) is 6.10. The monoisotopic (exact) mass is 274 g/mol. The fraction of sp³-hybridized carbons (Fsp3) is 0.214. The number of nitrogens with zero attached hydrogens (tertiary/aromatic N) is 2. The lowest BCUT2D eigenvalue weighted by Crippen LogP contribution is -2.22. The maximum atomic E-state index is 11.6. The molecule has 0 unspecified atom stereocenters. The first-order chi connectivity index (χ1) is 9.52. The maximum absolute atomic E-state index is 11.6. The van der Waals surface area contributed by atoms with Crippen LogP contribution in [0, 0.1) is 6.92 Å². The van der Waals surface area contributed by atoms with Gasteiger partial charge < -0.3 is 9.84 Å². The van der Waals surface area contributed by atoms with Gasteiger partial charge in [0, 0.05) is 17.8 Å². The standard InChI is InChI=1S/C14H14N2O4/c1-3-20-11-6-4-5-10(8-11)16-9(2)7-12(17)13(15-16)14(18)19/h4-8H,3H2,1-2H3,(H,18,19). The summed E-state index contributed by atoms with van der Waals surface area (Å²) < 4.78 is 6.80. The Kier molecular flexibility index (Phi) is 3.84. The smallest absolute Gasteiger partial charge is 0.360 e. The highest BCUT2D eigenvalue weighted by molar-refractivity contribution is 5.84. The quantitative estimate of drug-likeness (QED) is 0.916. The molecule has 0 amide bonds. The van der Waals surface area contributed by atoms with E-state index in [1.165, 1.54) is 10.7 Å². The molecule has 0 saturated carbocycles. The average Bonchev–Trinajstić information content (AvgIpc) is 2.39. The Hall–Kier alpha value is -2.63. The van der Waals surface area contributed by atoms with E-state index in [2.05, 4.69) is 5.10 Å². The largest absolute Gasteiger partial charge is 0.494 e. The van der Waals surface area contributed by atoms with E-state index in [0.29, 0.717) is 23.7 Å². The van der Waals surface area contributed by atoms with Crippen LogP contribution in [-0.2, 0) is 0 Å². The summed E-state index contributed by atoms with van der Waals surface area (Å²) in [5.74, 6) is -0.688. The Morgan fingerprint density at radius 1 is 1.40 bits per heavy atom. The predicted molar refractivity (Wildman–Crippen MR) is 72.7 cm³/mol. The van der Waals surface area contributed by atoms with Crippen LogP contribution < -0.4 is 10.2 Å². The summed E-state index contributed by atoms with van der Waals surface area (Å²) >= 11 is 0. The van der Waals surface area contributed by atoms with Gasteiger partial charge in [0.1, 0.15) is 5.75 Å². The Labute approximate surface area is 115 Å². The zero-order valence-electron chi connectivity index (χ0n) is 11.2. The third-order valence-corrected chi connectivity index (χ3v) is 2.68. The van der Waals surface area contributed by atoms with E-state index in [4.69, 9.17) is 9.84 Å². The highest BCUT2D eigenvalue weighted by Gasteiger charge is 2.13. The second-order valence-electron chi connectivity index (χ2n) is 4.15. The van der Waals surface area contributed by atoms with Gasteiger partial charge >= 0.3 is 5.97 Å². The number of carboxylic acid groups (broad SMARTS) is 1. The number of benzene rings is 1. The van der Waals surface area contributed by atoms with Gasteiger partial charge in [-0.3, -0.25) is 4.79 Å². The van der Waals surface area contributed by atoms with Crippen LogP contribution in [0.2, 0.25) is 0 Å². The van der Waals surface area contributed by atoms with Crippen LogP contribution in [0.15, 0.2) is 35.1 Å². The minimum Gasteiger partial charge on any atom is -0.494 e. The van der Waals surface area contributed by atoms with Crippen molar-refractivity contribution in [1.29, 1.82) is 0 Å². The van der Waals surface area contributed by atoms with Crippen molar-refractivity contribution in [2.24, 2.45) is 0 Å². The molecule has 20 heavy (non-hydrogen) atoms. The minimum atomic E-state index is -1.34. The molecular weight excluding hydrogens is 260 g/mol. The zero-order chi connectivity index (χ0) is 14.7. The van der Waals surface area contributed by atoms with Crippen molar-refractivity contribution in [3.05, 3.63) is 51.9 Å². The molecule has 6 heteroatoms. The van der Waals surface area contributed by atoms with E-state index in [1.807, 2.05) is 6.92 Å². The number of aryl methyl sites for hydroxylation is 1. The Morgan fingerprint density at radius 2 is 2.15 bits per heavy atom. The van der Waals surface area contributed by atoms with Gasteiger partial charge in [0.15, 0.2) is 0 Å². The number of carbonyl (C=O) groups is 1. The Morgan fingerprint density at radius 3 is 2.80 bits per heavy atom. The number of hydrogen-bond acceptors (Lipinski definition) is 4. The van der Waals surface area contributed by atoms with Crippen molar-refractivity contribution in [3.8, 4) is 11.4 Å². The molecule has 0 aliphatic rings. The summed E-state index contributed by atoms with van der Waals surface area (Å²) in [6.45, 7) is 4.09. The molecule has 6 nitrogen and oxygen atoms in total. The van der Waals surface area contributed by atoms with Crippen LogP contribution in [0.5, 0.6) is 5.75 Å². The van der Waals surface area contributed by atoms with Crippen molar-refractivity contribution in [3.63, 3.8) is 0 Å². The second-order valence-corrected chi connectivity index (χ2v) is 4.15. The minimum absolute atomic E-state index is 0.502. The Balaban J connectivity index is 2.57. The summed E-state index contributed by atoms with van der Waals surface area (Å²) in [6.07, 6.45) is 0. The fourth-order valence-corrected chi connectivity index (χ4v) is 1.83. The van der Waals surface area contributed by atoms with Crippen LogP contribution >= 0.6 is 0 Å². The van der Waals surface area contributed by atoms with Gasteiger partial charge in [-0.1, -0.05) is 6.07 Å². The van der Waals surface area contributed by atoms with Crippen molar-refractivity contribution >= 4 is 5.97 Å². The molecule has 0 radical (unpaired) electrons. The maximum Gasteiger partial charge on any atom is 0.360 e. The number of hydrogen-bond donors (Lipinski definition) is 1. The lowest BCUT2D eigenvalue weighted by molar-refractivity contribution is 0.0686. The summed E-state index contributed by atoms with van der Waals surface area (Å²) in [5, 5.41) is 12.9. The van der Waals surface area contributed by atoms with Crippen molar-refractivity contribution in [2.45, 2.75) is 13.8 Å². The highest BCUT2D eigenvalue weighted by Crippen LogP contribution is 2.17. The van der Waals surface area contributed by atoms with Crippen LogP contribution in [0.4, 0.5) is 0 Å². The molecule has 1 aromatic heterocycles. The lowest BCUT2D eigenvalue weighted by atomic mass is 10.2. The zero-order valence-corrected chi connectivity index (χ0v) is 11.2. The molecule has 1 heterocycles. The molecule has 2 aromatic rings. The molecule has 0 aliphatic heterocycles. The average molecular weight is 274 g/mol. The lowest BCUT2D eigenvalue weighted by Gasteiger charge is -2.11. The number of ether oxygens (including phenoxy) is 1. The first-order valence-corrected chi connectivity index (χ1v) is 6.10. The highest BCUT2D eigenvalue weighted by atomic mass is 16.5. The Bertz CT molecular complexity index is 707. The summed E-state index contributed by atoms with van der Waals surface area (Å²) in [4.78, 5) is 22.5. The fourth-order valence-electron chi connectivity index (χ4n) is 1.83. The van der Waals surface area contributed by atoms with Gasteiger partial charge in [0.2, 0.25) is 11.1 Å². The summed E-state index contributed by atoms with van der Waals surface area (Å²) in [6, 6.07) is 8.32. The second kappa shape index (κ2) is 5.56. The molecule has 0 bridgehead atoms. The molecular formula is C14H14N2O4. The molecule has 0 saturated heterocycles. The van der Waals surface area contributed by atoms with E-state index < -0.39 is 17.1 Å². The summed E-state index contributed by atoms with van der Waals surface area (Å²) in [5.41, 5.74) is 0.0780. The molecule has 0 fully saturated rings. The number of rotatable bonds is 4. The van der Waals surface area contributed by atoms with Gasteiger partial charge in [0.25, 0.3) is 0 Å². The van der Waals surface area contributed by atoms with Gasteiger partial charge in [0.05, 0.1) is 12.3 Å². The molecule has 0 spiro atoms. The SMILES string of the molecule is CCOc1cccc(-n2nc(C(=O)O)c(=O)cc2C)c1. The number of carboxylic acids is 1. The third-order valence-electron chi connectivity index (χ3n) is 2.68. The molecule has 1 aromatic carbocycles. The normalized spacial score (nSPS) is 10.3. The number of aromatic nitrogens is 2. The van der Waals surface area contributed by atoms with Crippen LogP contribution in [0.1, 0.15) is 23.1 Å². The molecule has 0 atom stereocenters. The number of aromatic carboxylic acids is 1. The van der Waals surface area contributed by atoms with E-state index >= 15 is 0 Å². The van der Waals surface area contributed by atoms with Gasteiger partial charge in [-0.2, -0.15) is 5.10 Å².